The van der Waals surface area contributed by atoms with E-state index in [9.17, 15) is 9.50 Å². The van der Waals surface area contributed by atoms with Gasteiger partial charge in [-0.1, -0.05) is 53.6 Å². The minimum atomic E-state index is -0.834. The number of hydrogen-bond acceptors (Lipinski definition) is 1. The summed E-state index contributed by atoms with van der Waals surface area (Å²) in [5, 5.41) is 10.6. The molecule has 2 aromatic carbocycles. The first-order valence-electron chi connectivity index (χ1n) is 6.41. The molecule has 0 radical (unpaired) electrons. The lowest BCUT2D eigenvalue weighted by Gasteiger charge is -2.10. The number of benzene rings is 2. The number of rotatable bonds is 4. The van der Waals surface area contributed by atoms with Gasteiger partial charge in [0.2, 0.25) is 0 Å². The molecular formula is C17H16ClFO. The SMILES string of the molecule is Cc1ccc(C(O)C/C(F)=C/c2ccc(Cl)cc2)cc1. The second-order valence-corrected chi connectivity index (χ2v) is 5.21. The molecule has 1 unspecified atom stereocenters. The summed E-state index contributed by atoms with van der Waals surface area (Å²) in [7, 11) is 0. The number of aliphatic hydroxyl groups is 1. The minimum absolute atomic E-state index is 0.0360. The maximum atomic E-state index is 13.9. The van der Waals surface area contributed by atoms with Gasteiger partial charge in [0.1, 0.15) is 5.83 Å². The molecule has 2 aromatic rings. The minimum Gasteiger partial charge on any atom is -0.388 e. The van der Waals surface area contributed by atoms with Crippen molar-refractivity contribution < 1.29 is 9.50 Å². The lowest BCUT2D eigenvalue weighted by atomic mass is 10.0. The van der Waals surface area contributed by atoms with Crippen molar-refractivity contribution in [3.63, 3.8) is 0 Å². The molecule has 0 amide bonds. The average Bonchev–Trinajstić information content (AvgIpc) is 2.42. The van der Waals surface area contributed by atoms with E-state index in [1.54, 1.807) is 24.3 Å². The molecule has 0 aliphatic rings. The summed E-state index contributed by atoms with van der Waals surface area (Å²) >= 11 is 5.77. The van der Waals surface area contributed by atoms with Gasteiger partial charge in [0.15, 0.2) is 0 Å². The number of aryl methyl sites for hydroxylation is 1. The van der Waals surface area contributed by atoms with Crippen molar-refractivity contribution in [1.29, 1.82) is 0 Å². The highest BCUT2D eigenvalue weighted by Crippen LogP contribution is 2.24. The summed E-state index contributed by atoms with van der Waals surface area (Å²) in [5.41, 5.74) is 2.55. The van der Waals surface area contributed by atoms with Gasteiger partial charge >= 0.3 is 0 Å². The van der Waals surface area contributed by atoms with E-state index in [0.717, 1.165) is 16.7 Å². The fourth-order valence-corrected chi connectivity index (χ4v) is 2.02. The van der Waals surface area contributed by atoms with Crippen LogP contribution in [0.1, 0.15) is 29.2 Å². The van der Waals surface area contributed by atoms with Crippen molar-refractivity contribution >= 4 is 17.7 Å². The van der Waals surface area contributed by atoms with Crippen LogP contribution in [-0.2, 0) is 0 Å². The molecule has 1 atom stereocenters. The predicted molar refractivity (Wildman–Crippen MR) is 81.3 cm³/mol. The van der Waals surface area contributed by atoms with Crippen LogP contribution in [0.5, 0.6) is 0 Å². The van der Waals surface area contributed by atoms with E-state index in [1.165, 1.54) is 6.08 Å². The summed E-state index contributed by atoms with van der Waals surface area (Å²) in [5.74, 6) is -0.361. The summed E-state index contributed by atoms with van der Waals surface area (Å²) in [6.45, 7) is 1.97. The van der Waals surface area contributed by atoms with Gasteiger partial charge in [0.05, 0.1) is 6.10 Å². The lowest BCUT2D eigenvalue weighted by Crippen LogP contribution is -1.97. The summed E-state index contributed by atoms with van der Waals surface area (Å²) in [4.78, 5) is 0. The fourth-order valence-electron chi connectivity index (χ4n) is 1.89. The Balaban J connectivity index is 2.05. The molecular weight excluding hydrogens is 275 g/mol. The quantitative estimate of drug-likeness (QED) is 0.832. The Bertz CT molecular complexity index is 587. The first kappa shape index (κ1) is 14.8. The van der Waals surface area contributed by atoms with Gasteiger partial charge in [-0.3, -0.25) is 0 Å². The van der Waals surface area contributed by atoms with E-state index in [0.29, 0.717) is 5.02 Å². The zero-order chi connectivity index (χ0) is 14.5. The molecule has 0 bridgehead atoms. The zero-order valence-electron chi connectivity index (χ0n) is 11.2. The van der Waals surface area contributed by atoms with E-state index in [2.05, 4.69) is 0 Å². The third-order valence-electron chi connectivity index (χ3n) is 3.04. The normalized spacial score (nSPS) is 13.3. The van der Waals surface area contributed by atoms with Gasteiger partial charge in [-0.05, 0) is 36.3 Å². The van der Waals surface area contributed by atoms with E-state index in [-0.39, 0.29) is 12.2 Å². The van der Waals surface area contributed by atoms with Crippen LogP contribution in [0.4, 0.5) is 4.39 Å². The predicted octanol–water partition coefficient (Wildman–Crippen LogP) is 5.08. The summed E-state index contributed by atoms with van der Waals surface area (Å²) in [6.07, 6.45) is 0.540. The van der Waals surface area contributed by atoms with Crippen molar-refractivity contribution in [2.24, 2.45) is 0 Å². The summed E-state index contributed by atoms with van der Waals surface area (Å²) in [6, 6.07) is 14.3. The summed E-state index contributed by atoms with van der Waals surface area (Å²) < 4.78 is 13.9. The molecule has 0 aliphatic heterocycles. The maximum Gasteiger partial charge on any atom is 0.103 e. The fraction of sp³-hybridized carbons (Fsp3) is 0.176. The van der Waals surface area contributed by atoms with Gasteiger partial charge in [-0.25, -0.2) is 4.39 Å². The van der Waals surface area contributed by atoms with Crippen LogP contribution in [0.15, 0.2) is 54.4 Å². The zero-order valence-corrected chi connectivity index (χ0v) is 11.9. The molecule has 0 spiro atoms. The molecule has 0 aromatic heterocycles. The molecule has 20 heavy (non-hydrogen) atoms. The van der Waals surface area contributed by atoms with Gasteiger partial charge in [-0.15, -0.1) is 0 Å². The first-order chi connectivity index (χ1) is 9.54. The van der Waals surface area contributed by atoms with E-state index >= 15 is 0 Å². The van der Waals surface area contributed by atoms with Crippen LogP contribution in [0.2, 0.25) is 5.02 Å². The van der Waals surface area contributed by atoms with Crippen molar-refractivity contribution in [3.05, 3.63) is 76.1 Å². The molecule has 0 heterocycles. The van der Waals surface area contributed by atoms with Crippen molar-refractivity contribution in [3.8, 4) is 0 Å². The molecule has 1 N–H and O–H groups in total. The second kappa shape index (κ2) is 6.69. The Morgan fingerprint density at radius 2 is 1.75 bits per heavy atom. The van der Waals surface area contributed by atoms with Crippen LogP contribution >= 0.6 is 11.6 Å². The average molecular weight is 291 g/mol. The molecule has 3 heteroatoms. The van der Waals surface area contributed by atoms with E-state index in [1.807, 2.05) is 31.2 Å². The molecule has 0 aliphatic carbocycles. The molecule has 0 saturated carbocycles. The standard InChI is InChI=1S/C17H16ClFO/c1-12-2-6-14(7-3-12)17(20)11-16(19)10-13-4-8-15(18)9-5-13/h2-10,17,20H,11H2,1H3/b16-10-. The van der Waals surface area contributed by atoms with Gasteiger partial charge < -0.3 is 5.11 Å². The first-order valence-corrected chi connectivity index (χ1v) is 6.78. The third kappa shape index (κ3) is 4.19. The Kier molecular flexibility index (Phi) is 4.94. The van der Waals surface area contributed by atoms with E-state index in [4.69, 9.17) is 11.6 Å². The van der Waals surface area contributed by atoms with Crippen LogP contribution in [0, 0.1) is 6.92 Å². The van der Waals surface area contributed by atoms with Gasteiger partial charge in [-0.2, -0.15) is 0 Å². The third-order valence-corrected chi connectivity index (χ3v) is 3.30. The van der Waals surface area contributed by atoms with Gasteiger partial charge in [0.25, 0.3) is 0 Å². The molecule has 0 fully saturated rings. The van der Waals surface area contributed by atoms with Crippen molar-refractivity contribution in [1.82, 2.24) is 0 Å². The van der Waals surface area contributed by atoms with Crippen molar-refractivity contribution in [2.75, 3.05) is 0 Å². The highest BCUT2D eigenvalue weighted by atomic mass is 35.5. The number of aliphatic hydroxyl groups excluding tert-OH is 1. The lowest BCUT2D eigenvalue weighted by molar-refractivity contribution is 0.171. The molecule has 1 nitrogen and oxygen atoms in total. The van der Waals surface area contributed by atoms with Crippen LogP contribution in [0.3, 0.4) is 0 Å². The number of hydrogen-bond donors (Lipinski definition) is 1. The van der Waals surface area contributed by atoms with Crippen LogP contribution in [-0.4, -0.2) is 5.11 Å². The Hall–Kier alpha value is -1.64. The highest BCUT2D eigenvalue weighted by molar-refractivity contribution is 6.30. The van der Waals surface area contributed by atoms with Crippen molar-refractivity contribution in [2.45, 2.75) is 19.4 Å². The second-order valence-electron chi connectivity index (χ2n) is 4.77. The van der Waals surface area contributed by atoms with Gasteiger partial charge in [0, 0.05) is 11.4 Å². The van der Waals surface area contributed by atoms with Crippen LogP contribution < -0.4 is 0 Å². The topological polar surface area (TPSA) is 20.2 Å². The molecule has 2 rings (SSSR count). The Morgan fingerprint density at radius 1 is 1.15 bits per heavy atom. The monoisotopic (exact) mass is 290 g/mol. The maximum absolute atomic E-state index is 13.9. The van der Waals surface area contributed by atoms with E-state index < -0.39 is 6.10 Å². The van der Waals surface area contributed by atoms with Crippen LogP contribution in [0.25, 0.3) is 6.08 Å². The Morgan fingerprint density at radius 3 is 2.35 bits per heavy atom. The smallest absolute Gasteiger partial charge is 0.103 e. The highest BCUT2D eigenvalue weighted by Gasteiger charge is 2.10. The molecule has 0 saturated heterocycles. The number of halogens is 2. The molecule has 104 valence electrons. The Labute approximate surface area is 123 Å². The largest absolute Gasteiger partial charge is 0.388 e.